The summed E-state index contributed by atoms with van der Waals surface area (Å²) in [5, 5.41) is 4.17. The van der Waals surface area contributed by atoms with Gasteiger partial charge in [-0.3, -0.25) is 9.48 Å². The van der Waals surface area contributed by atoms with Crippen LogP contribution in [0, 0.1) is 6.92 Å². The van der Waals surface area contributed by atoms with Crippen LogP contribution in [0.15, 0.2) is 12.3 Å². The molecule has 2 aliphatic rings. The highest BCUT2D eigenvalue weighted by Gasteiger charge is 2.48. The largest absolute Gasteiger partial charge is 0.441 e. The van der Waals surface area contributed by atoms with Crippen LogP contribution in [0.2, 0.25) is 0 Å². The molecule has 3 rings (SSSR count). The van der Waals surface area contributed by atoms with E-state index in [0.717, 1.165) is 18.5 Å². The fourth-order valence-corrected chi connectivity index (χ4v) is 3.78. The zero-order valence-electron chi connectivity index (χ0n) is 15.4. The van der Waals surface area contributed by atoms with E-state index in [-0.39, 0.29) is 24.6 Å². The molecule has 7 nitrogen and oxygen atoms in total. The first-order chi connectivity index (χ1) is 11.9. The monoisotopic (exact) mass is 348 g/mol. The minimum absolute atomic E-state index is 0.0715. The molecule has 2 saturated heterocycles. The highest BCUT2D eigenvalue weighted by atomic mass is 16.6. The number of hydrogen-bond acceptors (Lipinski definition) is 4. The van der Waals surface area contributed by atoms with Crippen molar-refractivity contribution in [3.05, 3.63) is 18.0 Å². The Morgan fingerprint density at radius 3 is 2.72 bits per heavy atom. The minimum Gasteiger partial charge on any atom is -0.441 e. The number of likely N-dealkylation sites (tertiary alicyclic amines) is 1. The zero-order valence-corrected chi connectivity index (χ0v) is 15.4. The van der Waals surface area contributed by atoms with Crippen molar-refractivity contribution in [1.82, 2.24) is 19.6 Å². The van der Waals surface area contributed by atoms with Gasteiger partial charge in [0.15, 0.2) is 0 Å². The van der Waals surface area contributed by atoms with Gasteiger partial charge < -0.3 is 14.5 Å². The topological polar surface area (TPSA) is 67.7 Å². The Bertz CT molecular complexity index is 634. The van der Waals surface area contributed by atoms with E-state index in [4.69, 9.17) is 4.74 Å². The maximum absolute atomic E-state index is 12.5. The van der Waals surface area contributed by atoms with E-state index in [0.29, 0.717) is 32.5 Å². The minimum atomic E-state index is -0.419. The van der Waals surface area contributed by atoms with Crippen molar-refractivity contribution in [2.75, 3.05) is 19.6 Å². The highest BCUT2D eigenvalue weighted by molar-refractivity contribution is 5.76. The van der Waals surface area contributed by atoms with Crippen LogP contribution >= 0.6 is 0 Å². The summed E-state index contributed by atoms with van der Waals surface area (Å²) in [5.41, 5.74) is 0.560. The van der Waals surface area contributed by atoms with Crippen LogP contribution in [0.1, 0.15) is 45.2 Å². The number of aromatic nitrogens is 2. The van der Waals surface area contributed by atoms with Gasteiger partial charge in [0.25, 0.3) is 0 Å². The van der Waals surface area contributed by atoms with Gasteiger partial charge in [-0.15, -0.1) is 0 Å². The molecule has 0 unspecified atom stereocenters. The zero-order chi connectivity index (χ0) is 18.0. The van der Waals surface area contributed by atoms with E-state index in [1.807, 2.05) is 22.8 Å². The lowest BCUT2D eigenvalue weighted by molar-refractivity contribution is -0.135. The van der Waals surface area contributed by atoms with Gasteiger partial charge in [0, 0.05) is 43.9 Å². The molecule has 1 atom stereocenters. The number of amides is 2. The fourth-order valence-electron chi connectivity index (χ4n) is 3.78. The van der Waals surface area contributed by atoms with Crippen molar-refractivity contribution in [3.8, 4) is 0 Å². The number of nitrogens with zero attached hydrogens (tertiary/aromatic N) is 4. The molecule has 2 amide bonds. The van der Waals surface area contributed by atoms with Crippen LogP contribution in [0.5, 0.6) is 0 Å². The number of rotatable bonds is 5. The van der Waals surface area contributed by atoms with E-state index in [9.17, 15) is 9.59 Å². The number of aryl methyl sites for hydroxylation is 1. The van der Waals surface area contributed by atoms with Gasteiger partial charge in [0.1, 0.15) is 12.1 Å². The molecule has 0 aliphatic carbocycles. The first-order valence-electron chi connectivity index (χ1n) is 9.20. The lowest BCUT2D eigenvalue weighted by atomic mass is 9.91. The summed E-state index contributed by atoms with van der Waals surface area (Å²) < 4.78 is 7.47. The Morgan fingerprint density at radius 1 is 1.40 bits per heavy atom. The van der Waals surface area contributed by atoms with E-state index in [1.165, 1.54) is 0 Å². The van der Waals surface area contributed by atoms with E-state index >= 15 is 0 Å². The molecule has 7 heteroatoms. The number of ether oxygens (including phenoxy) is 1. The second kappa shape index (κ2) is 7.06. The van der Waals surface area contributed by atoms with Crippen LogP contribution in [-0.2, 0) is 16.1 Å². The third-order valence-electron chi connectivity index (χ3n) is 5.48. The van der Waals surface area contributed by atoms with Crippen molar-refractivity contribution < 1.29 is 14.3 Å². The van der Waals surface area contributed by atoms with Crippen LogP contribution in [0.4, 0.5) is 4.79 Å². The molecule has 138 valence electrons. The third kappa shape index (κ3) is 3.65. The van der Waals surface area contributed by atoms with Gasteiger partial charge >= 0.3 is 6.09 Å². The molecule has 1 aromatic rings. The van der Waals surface area contributed by atoms with Crippen molar-refractivity contribution >= 4 is 12.0 Å². The molecule has 2 fully saturated rings. The number of hydrogen-bond donors (Lipinski definition) is 0. The Labute approximate surface area is 148 Å². The lowest BCUT2D eigenvalue weighted by Gasteiger charge is -2.37. The van der Waals surface area contributed by atoms with Crippen molar-refractivity contribution in [3.63, 3.8) is 0 Å². The summed E-state index contributed by atoms with van der Waals surface area (Å²) in [6.07, 6.45) is 4.95. The molecule has 0 aromatic carbocycles. The Morgan fingerprint density at radius 2 is 2.12 bits per heavy atom. The predicted molar refractivity (Wildman–Crippen MR) is 93.1 cm³/mol. The second-order valence-electron chi connectivity index (χ2n) is 7.33. The van der Waals surface area contributed by atoms with Crippen molar-refractivity contribution in [2.45, 2.75) is 64.6 Å². The van der Waals surface area contributed by atoms with Gasteiger partial charge in [-0.05, 0) is 26.3 Å². The molecule has 0 bridgehead atoms. The van der Waals surface area contributed by atoms with E-state index < -0.39 is 5.60 Å². The Hall–Kier alpha value is -2.05. The summed E-state index contributed by atoms with van der Waals surface area (Å²) >= 11 is 0. The first-order valence-corrected chi connectivity index (χ1v) is 9.20. The molecule has 1 aromatic heterocycles. The first kappa shape index (κ1) is 17.8. The smallest absolute Gasteiger partial charge is 0.410 e. The summed E-state index contributed by atoms with van der Waals surface area (Å²) in [4.78, 5) is 28.4. The molecular formula is C18H28N4O3. The quantitative estimate of drug-likeness (QED) is 0.818. The summed E-state index contributed by atoms with van der Waals surface area (Å²) in [7, 11) is 0. The number of carbonyl (C=O) groups excluding carboxylic acids is 2. The summed E-state index contributed by atoms with van der Waals surface area (Å²) in [6, 6.07) is 2.10. The van der Waals surface area contributed by atoms with Gasteiger partial charge in [0.2, 0.25) is 5.91 Å². The molecule has 25 heavy (non-hydrogen) atoms. The fraction of sp³-hybridized carbons (Fsp3) is 0.722. The SMILES string of the molecule is CCC[C@H](C)N1CC2(CCN(C(=O)Cn3nccc3C)CC2)OC1=O. The second-order valence-corrected chi connectivity index (χ2v) is 7.33. The van der Waals surface area contributed by atoms with Crippen molar-refractivity contribution in [2.24, 2.45) is 0 Å². The third-order valence-corrected chi connectivity index (χ3v) is 5.48. The maximum atomic E-state index is 12.5. The molecule has 3 heterocycles. The molecule has 0 N–H and O–H groups in total. The normalized spacial score (nSPS) is 20.8. The number of piperidine rings is 1. The Balaban J connectivity index is 1.56. The maximum Gasteiger partial charge on any atom is 0.410 e. The van der Waals surface area contributed by atoms with E-state index in [2.05, 4.69) is 18.9 Å². The molecule has 0 radical (unpaired) electrons. The van der Waals surface area contributed by atoms with Crippen LogP contribution in [0.25, 0.3) is 0 Å². The van der Waals surface area contributed by atoms with Gasteiger partial charge in [0.05, 0.1) is 6.54 Å². The number of carbonyl (C=O) groups is 2. The lowest BCUT2D eigenvalue weighted by Crippen LogP contribution is -2.49. The van der Waals surface area contributed by atoms with Crippen LogP contribution in [-0.4, -0.2) is 62.9 Å². The van der Waals surface area contributed by atoms with Crippen LogP contribution in [0.3, 0.4) is 0 Å². The molecular weight excluding hydrogens is 320 g/mol. The van der Waals surface area contributed by atoms with Crippen LogP contribution < -0.4 is 0 Å². The van der Waals surface area contributed by atoms with Gasteiger partial charge in [-0.25, -0.2) is 4.79 Å². The molecule has 1 spiro atoms. The van der Waals surface area contributed by atoms with Gasteiger partial charge in [-0.2, -0.15) is 5.10 Å². The van der Waals surface area contributed by atoms with E-state index in [1.54, 1.807) is 10.9 Å². The predicted octanol–water partition coefficient (Wildman–Crippen LogP) is 2.19. The standard InChI is InChI=1S/C18H28N4O3/c1-4-5-14(2)21-13-18(25-17(21)24)7-10-20(11-8-18)16(23)12-22-15(3)6-9-19-22/h6,9,14H,4-5,7-8,10-13H2,1-3H3/t14-/m0/s1. The molecule has 2 aliphatic heterocycles. The highest BCUT2D eigenvalue weighted by Crippen LogP contribution is 2.34. The molecule has 0 saturated carbocycles. The summed E-state index contributed by atoms with van der Waals surface area (Å²) in [6.45, 7) is 8.31. The van der Waals surface area contributed by atoms with Crippen molar-refractivity contribution in [1.29, 1.82) is 0 Å². The summed E-state index contributed by atoms with van der Waals surface area (Å²) in [5.74, 6) is 0.0715. The average Bonchev–Trinajstić information content (AvgIpc) is 3.12. The van der Waals surface area contributed by atoms with Gasteiger partial charge in [-0.1, -0.05) is 13.3 Å². The average molecular weight is 348 g/mol. The Kier molecular flexibility index (Phi) is 5.01.